The second-order valence-electron chi connectivity index (χ2n) is 4.43. The molecule has 0 N–H and O–H groups in total. The molecule has 0 heterocycles. The Morgan fingerprint density at radius 2 is 1.70 bits per heavy atom. The molecular weight excluding hydrogens is 415 g/mol. The standard InChI is InChI=1S/C16H23IO6/c1-3-22-16(18)14-12-13(17)4-5-15(14)23-11-10-21-9-8-20-7-6-19-2/h4-5,12H,3,6-11H2,1-2H3. The number of halogens is 1. The van der Waals surface area contributed by atoms with Crippen molar-refractivity contribution in [2.75, 3.05) is 53.4 Å². The van der Waals surface area contributed by atoms with Crippen LogP contribution >= 0.6 is 22.6 Å². The fraction of sp³-hybridized carbons (Fsp3) is 0.562. The summed E-state index contributed by atoms with van der Waals surface area (Å²) in [5.41, 5.74) is 0.432. The molecule has 0 unspecified atom stereocenters. The molecule has 1 aromatic carbocycles. The Morgan fingerprint density at radius 3 is 2.35 bits per heavy atom. The lowest BCUT2D eigenvalue weighted by Gasteiger charge is -2.11. The maximum absolute atomic E-state index is 11.9. The highest BCUT2D eigenvalue weighted by atomic mass is 127. The summed E-state index contributed by atoms with van der Waals surface area (Å²) in [6, 6.07) is 5.39. The lowest BCUT2D eigenvalue weighted by atomic mass is 10.2. The Hall–Kier alpha value is -0.900. The summed E-state index contributed by atoms with van der Waals surface area (Å²) in [4.78, 5) is 11.9. The topological polar surface area (TPSA) is 63.2 Å². The van der Waals surface area contributed by atoms with Gasteiger partial charge in [0, 0.05) is 10.7 Å². The van der Waals surface area contributed by atoms with Crippen molar-refractivity contribution >= 4 is 28.6 Å². The Bertz CT molecular complexity index is 466. The monoisotopic (exact) mass is 438 g/mol. The number of hydrogen-bond acceptors (Lipinski definition) is 6. The molecule has 1 aromatic rings. The van der Waals surface area contributed by atoms with E-state index < -0.39 is 0 Å². The van der Waals surface area contributed by atoms with Crippen LogP contribution in [0.2, 0.25) is 0 Å². The van der Waals surface area contributed by atoms with Gasteiger partial charge in [0.15, 0.2) is 0 Å². The van der Waals surface area contributed by atoms with E-state index in [1.165, 1.54) is 0 Å². The summed E-state index contributed by atoms with van der Waals surface area (Å²) >= 11 is 2.14. The molecule has 0 aliphatic heterocycles. The first kappa shape index (κ1) is 20.1. The zero-order valence-corrected chi connectivity index (χ0v) is 15.7. The average Bonchev–Trinajstić information content (AvgIpc) is 2.54. The molecule has 0 bridgehead atoms. The molecule has 0 fully saturated rings. The van der Waals surface area contributed by atoms with Gasteiger partial charge in [-0.1, -0.05) is 0 Å². The maximum Gasteiger partial charge on any atom is 0.341 e. The quantitative estimate of drug-likeness (QED) is 0.284. The van der Waals surface area contributed by atoms with Crippen molar-refractivity contribution in [2.45, 2.75) is 6.92 Å². The van der Waals surface area contributed by atoms with Crippen molar-refractivity contribution < 1.29 is 28.5 Å². The smallest absolute Gasteiger partial charge is 0.341 e. The number of carbonyl (C=O) groups is 1. The third kappa shape index (κ3) is 8.50. The van der Waals surface area contributed by atoms with Crippen LogP contribution in [0.1, 0.15) is 17.3 Å². The van der Waals surface area contributed by atoms with Gasteiger partial charge in [0.1, 0.15) is 17.9 Å². The van der Waals surface area contributed by atoms with E-state index in [2.05, 4.69) is 22.6 Å². The number of carbonyl (C=O) groups excluding carboxylic acids is 1. The molecular formula is C16H23IO6. The van der Waals surface area contributed by atoms with Crippen LogP contribution in [0.4, 0.5) is 0 Å². The van der Waals surface area contributed by atoms with Crippen LogP contribution in [0, 0.1) is 3.57 Å². The molecule has 6 nitrogen and oxygen atoms in total. The third-order valence-corrected chi connectivity index (χ3v) is 3.40. The van der Waals surface area contributed by atoms with Crippen molar-refractivity contribution in [2.24, 2.45) is 0 Å². The van der Waals surface area contributed by atoms with Crippen molar-refractivity contribution in [1.29, 1.82) is 0 Å². The lowest BCUT2D eigenvalue weighted by Crippen LogP contribution is -2.14. The third-order valence-electron chi connectivity index (χ3n) is 2.73. The minimum absolute atomic E-state index is 0.329. The summed E-state index contributed by atoms with van der Waals surface area (Å²) in [5, 5.41) is 0. The number of esters is 1. The first-order valence-electron chi connectivity index (χ1n) is 7.43. The summed E-state index contributed by atoms with van der Waals surface area (Å²) in [7, 11) is 1.63. The molecule has 0 aromatic heterocycles. The second-order valence-corrected chi connectivity index (χ2v) is 5.67. The molecule has 0 amide bonds. The van der Waals surface area contributed by atoms with Crippen LogP contribution in [0.15, 0.2) is 18.2 Å². The minimum atomic E-state index is -0.381. The first-order valence-corrected chi connectivity index (χ1v) is 8.50. The van der Waals surface area contributed by atoms with Crippen molar-refractivity contribution in [3.05, 3.63) is 27.3 Å². The Morgan fingerprint density at radius 1 is 1.04 bits per heavy atom. The van der Waals surface area contributed by atoms with Gasteiger partial charge in [-0.2, -0.15) is 0 Å². The Kier molecular flexibility index (Phi) is 11.0. The molecule has 0 atom stereocenters. The SMILES string of the molecule is CCOC(=O)c1cc(I)ccc1OCCOCCOCCOC. The van der Waals surface area contributed by atoms with E-state index in [1.807, 2.05) is 6.07 Å². The number of benzene rings is 1. The van der Waals surface area contributed by atoms with Gasteiger partial charge in [-0.3, -0.25) is 0 Å². The molecule has 0 saturated heterocycles. The number of methoxy groups -OCH3 is 1. The molecule has 7 heteroatoms. The predicted octanol–water partition coefficient (Wildman–Crippen LogP) is 2.53. The zero-order valence-electron chi connectivity index (χ0n) is 13.5. The van der Waals surface area contributed by atoms with E-state index in [4.69, 9.17) is 23.7 Å². The predicted molar refractivity (Wildman–Crippen MR) is 94.1 cm³/mol. The first-order chi connectivity index (χ1) is 11.2. The average molecular weight is 438 g/mol. The van der Waals surface area contributed by atoms with Crippen molar-refractivity contribution in [3.8, 4) is 5.75 Å². The molecule has 0 radical (unpaired) electrons. The van der Waals surface area contributed by atoms with Gasteiger partial charge in [-0.05, 0) is 47.7 Å². The summed E-state index contributed by atoms with van der Waals surface area (Å²) in [5.74, 6) is 0.122. The molecule has 0 spiro atoms. The van der Waals surface area contributed by atoms with E-state index >= 15 is 0 Å². The summed E-state index contributed by atoms with van der Waals surface area (Å²) < 4.78 is 27.1. The fourth-order valence-electron chi connectivity index (χ4n) is 1.67. The van der Waals surface area contributed by atoms with Gasteiger partial charge in [-0.15, -0.1) is 0 Å². The van der Waals surface area contributed by atoms with Gasteiger partial charge >= 0.3 is 5.97 Å². The normalized spacial score (nSPS) is 10.6. The second kappa shape index (κ2) is 12.5. The highest BCUT2D eigenvalue weighted by Gasteiger charge is 2.14. The highest BCUT2D eigenvalue weighted by Crippen LogP contribution is 2.22. The molecule has 23 heavy (non-hydrogen) atoms. The van der Waals surface area contributed by atoms with Gasteiger partial charge in [-0.25, -0.2) is 4.79 Å². The van der Waals surface area contributed by atoms with Crippen molar-refractivity contribution in [3.63, 3.8) is 0 Å². The van der Waals surface area contributed by atoms with E-state index in [1.54, 1.807) is 26.2 Å². The van der Waals surface area contributed by atoms with Crippen LogP contribution in [0.3, 0.4) is 0 Å². The van der Waals surface area contributed by atoms with Gasteiger partial charge in [0.2, 0.25) is 0 Å². The van der Waals surface area contributed by atoms with E-state index in [0.717, 1.165) is 3.57 Å². The molecule has 0 aliphatic rings. The molecule has 0 aliphatic carbocycles. The minimum Gasteiger partial charge on any atom is -0.490 e. The van der Waals surface area contributed by atoms with E-state index in [0.29, 0.717) is 57.6 Å². The lowest BCUT2D eigenvalue weighted by molar-refractivity contribution is 0.0178. The van der Waals surface area contributed by atoms with Crippen LogP contribution < -0.4 is 4.74 Å². The number of rotatable bonds is 12. The zero-order chi connectivity index (χ0) is 16.9. The number of ether oxygens (including phenoxy) is 5. The van der Waals surface area contributed by atoms with E-state index in [-0.39, 0.29) is 5.97 Å². The highest BCUT2D eigenvalue weighted by molar-refractivity contribution is 14.1. The molecule has 0 saturated carbocycles. The maximum atomic E-state index is 11.9. The van der Waals surface area contributed by atoms with Gasteiger partial charge in [0.25, 0.3) is 0 Å². The number of hydrogen-bond donors (Lipinski definition) is 0. The van der Waals surface area contributed by atoms with E-state index in [9.17, 15) is 4.79 Å². The molecule has 1 rings (SSSR count). The van der Waals surface area contributed by atoms with Gasteiger partial charge < -0.3 is 23.7 Å². The van der Waals surface area contributed by atoms with Crippen LogP contribution in [0.5, 0.6) is 5.75 Å². The summed E-state index contributed by atoms with van der Waals surface area (Å²) in [6.07, 6.45) is 0. The fourth-order valence-corrected chi connectivity index (χ4v) is 2.16. The summed E-state index contributed by atoms with van der Waals surface area (Å²) in [6.45, 7) is 5.01. The Labute approximate surface area is 150 Å². The van der Waals surface area contributed by atoms with Gasteiger partial charge in [0.05, 0.1) is 39.6 Å². The largest absolute Gasteiger partial charge is 0.490 e. The van der Waals surface area contributed by atoms with Crippen molar-refractivity contribution in [1.82, 2.24) is 0 Å². The van der Waals surface area contributed by atoms with Crippen LogP contribution in [-0.2, 0) is 18.9 Å². The Balaban J connectivity index is 2.30. The van der Waals surface area contributed by atoms with Crippen LogP contribution in [0.25, 0.3) is 0 Å². The van der Waals surface area contributed by atoms with Crippen LogP contribution in [-0.4, -0.2) is 59.3 Å². The molecule has 130 valence electrons.